The molecule has 5 N–H and O–H groups in total. The SMILES string of the molecule is NC1C(O)[C@@H](O)C(CO)O[C@@H]1OP(=O)([O-])[O-]. The maximum absolute atomic E-state index is 10.3. The fourth-order valence-electron chi connectivity index (χ4n) is 1.33. The molecule has 0 amide bonds. The van der Waals surface area contributed by atoms with Crippen molar-refractivity contribution in [2.45, 2.75) is 30.6 Å². The number of aliphatic hydroxyl groups is 3. The van der Waals surface area contributed by atoms with Gasteiger partial charge in [0.25, 0.3) is 0 Å². The lowest BCUT2D eigenvalue weighted by Crippen LogP contribution is -2.62. The summed E-state index contributed by atoms with van der Waals surface area (Å²) in [5.74, 6) is 0. The van der Waals surface area contributed by atoms with Crippen LogP contribution in [0.15, 0.2) is 0 Å². The Morgan fingerprint density at radius 1 is 1.38 bits per heavy atom. The lowest BCUT2D eigenvalue weighted by atomic mass is 9.98. The van der Waals surface area contributed by atoms with Crippen LogP contribution in [0.4, 0.5) is 0 Å². The summed E-state index contributed by atoms with van der Waals surface area (Å²) < 4.78 is 19.0. The van der Waals surface area contributed by atoms with Crippen molar-refractivity contribution < 1.29 is 38.9 Å². The first-order valence-corrected chi connectivity index (χ1v) is 5.81. The maximum Gasteiger partial charge on any atom is 0.180 e. The van der Waals surface area contributed by atoms with Crippen LogP contribution < -0.4 is 15.5 Å². The average Bonchev–Trinajstić information content (AvgIpc) is 2.17. The molecule has 1 aliphatic rings. The van der Waals surface area contributed by atoms with Crippen LogP contribution >= 0.6 is 7.82 Å². The van der Waals surface area contributed by atoms with Crippen LogP contribution in [0.1, 0.15) is 0 Å². The molecule has 1 saturated heterocycles. The second-order valence-electron chi connectivity index (χ2n) is 3.34. The van der Waals surface area contributed by atoms with Crippen molar-refractivity contribution in [3.05, 3.63) is 0 Å². The molecule has 5 atom stereocenters. The molecule has 1 aliphatic heterocycles. The number of hydrogen-bond acceptors (Lipinski definition) is 9. The van der Waals surface area contributed by atoms with Gasteiger partial charge in [-0.2, -0.15) is 0 Å². The number of hydrogen-bond donors (Lipinski definition) is 4. The predicted molar refractivity (Wildman–Crippen MR) is 44.4 cm³/mol. The van der Waals surface area contributed by atoms with E-state index in [1.807, 2.05) is 0 Å². The molecular weight excluding hydrogens is 245 g/mol. The van der Waals surface area contributed by atoms with E-state index in [4.69, 9.17) is 15.6 Å². The van der Waals surface area contributed by atoms with Crippen molar-refractivity contribution >= 4 is 7.82 Å². The Hall–Kier alpha value is -0.0900. The van der Waals surface area contributed by atoms with E-state index in [0.717, 1.165) is 0 Å². The lowest BCUT2D eigenvalue weighted by molar-refractivity contribution is -0.361. The Balaban J connectivity index is 2.75. The Labute approximate surface area is 90.6 Å². The van der Waals surface area contributed by atoms with Crippen molar-refractivity contribution in [2.24, 2.45) is 5.73 Å². The van der Waals surface area contributed by atoms with Crippen LogP contribution in [-0.4, -0.2) is 52.6 Å². The van der Waals surface area contributed by atoms with Gasteiger partial charge < -0.3 is 44.7 Å². The summed E-state index contributed by atoms with van der Waals surface area (Å²) in [6, 6.07) is -1.41. The number of phosphoric acid groups is 1. The summed E-state index contributed by atoms with van der Waals surface area (Å²) in [5.41, 5.74) is 5.30. The number of ether oxygens (including phenoxy) is 1. The third kappa shape index (κ3) is 3.20. The molecule has 0 aromatic carbocycles. The highest BCUT2D eigenvalue weighted by atomic mass is 31.2. The van der Waals surface area contributed by atoms with Crippen molar-refractivity contribution in [3.8, 4) is 0 Å². The fraction of sp³-hybridized carbons (Fsp3) is 1.00. The number of rotatable bonds is 3. The normalized spacial score (nSPS) is 41.0. The van der Waals surface area contributed by atoms with Gasteiger partial charge in [0.2, 0.25) is 0 Å². The molecular formula is C6H12NO8P-2. The lowest BCUT2D eigenvalue weighted by Gasteiger charge is -2.43. The molecule has 1 fully saturated rings. The first-order chi connectivity index (χ1) is 7.26. The Bertz CT molecular complexity index is 280. The van der Waals surface area contributed by atoms with Crippen LogP contribution in [0.5, 0.6) is 0 Å². The van der Waals surface area contributed by atoms with Gasteiger partial charge in [0.05, 0.1) is 20.5 Å². The van der Waals surface area contributed by atoms with Gasteiger partial charge in [-0.15, -0.1) is 0 Å². The van der Waals surface area contributed by atoms with E-state index in [1.54, 1.807) is 0 Å². The quantitative estimate of drug-likeness (QED) is 0.364. The largest absolute Gasteiger partial charge is 0.790 e. The van der Waals surface area contributed by atoms with Crippen molar-refractivity contribution in [3.63, 3.8) is 0 Å². The number of aliphatic hydroxyl groups excluding tert-OH is 3. The molecule has 0 saturated carbocycles. The fourth-order valence-corrected chi connectivity index (χ4v) is 1.77. The smallest absolute Gasteiger partial charge is 0.180 e. The van der Waals surface area contributed by atoms with E-state index in [9.17, 15) is 24.6 Å². The summed E-state index contributed by atoms with van der Waals surface area (Å²) in [6.45, 7) is -0.688. The molecule has 0 radical (unpaired) electrons. The van der Waals surface area contributed by atoms with E-state index in [-0.39, 0.29) is 0 Å². The van der Waals surface area contributed by atoms with Gasteiger partial charge in [0, 0.05) is 0 Å². The van der Waals surface area contributed by atoms with Crippen LogP contribution in [0, 0.1) is 0 Å². The van der Waals surface area contributed by atoms with Gasteiger partial charge in [-0.05, 0) is 0 Å². The molecule has 1 rings (SSSR count). The highest BCUT2D eigenvalue weighted by molar-refractivity contribution is 7.43. The molecule has 1 heterocycles. The predicted octanol–water partition coefficient (Wildman–Crippen LogP) is -4.40. The van der Waals surface area contributed by atoms with E-state index in [1.165, 1.54) is 0 Å². The van der Waals surface area contributed by atoms with Gasteiger partial charge in [-0.3, -0.25) is 0 Å². The molecule has 0 aromatic rings. The van der Waals surface area contributed by atoms with Gasteiger partial charge in [0.15, 0.2) is 6.29 Å². The molecule has 16 heavy (non-hydrogen) atoms. The Kier molecular flexibility index (Phi) is 4.41. The van der Waals surface area contributed by atoms with Crippen molar-refractivity contribution in [2.75, 3.05) is 6.61 Å². The molecule has 3 unspecified atom stereocenters. The van der Waals surface area contributed by atoms with Gasteiger partial charge in [-0.1, -0.05) is 0 Å². The third-order valence-corrected chi connectivity index (χ3v) is 2.63. The topological polar surface area (TPSA) is 168 Å². The third-order valence-electron chi connectivity index (χ3n) is 2.16. The molecule has 0 aliphatic carbocycles. The monoisotopic (exact) mass is 257 g/mol. The van der Waals surface area contributed by atoms with E-state index in [0.29, 0.717) is 0 Å². The minimum absolute atomic E-state index is 0.688. The second-order valence-corrected chi connectivity index (χ2v) is 4.44. The van der Waals surface area contributed by atoms with E-state index in [2.05, 4.69) is 4.52 Å². The summed E-state index contributed by atoms with van der Waals surface area (Å²) in [6.07, 6.45) is -6.05. The zero-order chi connectivity index (χ0) is 12.5. The van der Waals surface area contributed by atoms with E-state index < -0.39 is 45.1 Å². The summed E-state index contributed by atoms with van der Waals surface area (Å²) in [5, 5.41) is 27.5. The average molecular weight is 257 g/mol. The standard InChI is InChI=1S/C6H14NO8P/c7-3-5(10)4(9)2(1-8)14-6(3)15-16(11,12)13/h2-6,8-10H,1,7H2,(H2,11,12,13)/p-2/t2?,3?,4-,5?,6+/m0/s1. The summed E-state index contributed by atoms with van der Waals surface area (Å²) in [7, 11) is -5.33. The van der Waals surface area contributed by atoms with Gasteiger partial charge >= 0.3 is 0 Å². The van der Waals surface area contributed by atoms with Crippen molar-refractivity contribution in [1.29, 1.82) is 0 Å². The van der Waals surface area contributed by atoms with E-state index >= 15 is 0 Å². The molecule has 9 nitrogen and oxygen atoms in total. The molecule has 0 bridgehead atoms. The number of phosphoric ester groups is 1. The highest BCUT2D eigenvalue weighted by Crippen LogP contribution is 2.32. The Morgan fingerprint density at radius 2 is 1.94 bits per heavy atom. The van der Waals surface area contributed by atoms with Gasteiger partial charge in [-0.25, -0.2) is 0 Å². The maximum atomic E-state index is 10.3. The zero-order valence-electron chi connectivity index (χ0n) is 8.00. The molecule has 0 spiro atoms. The second kappa shape index (κ2) is 5.05. The summed E-state index contributed by atoms with van der Waals surface area (Å²) >= 11 is 0. The molecule has 0 aromatic heterocycles. The number of nitrogens with two attached hydrogens (primary N) is 1. The van der Waals surface area contributed by atoms with Gasteiger partial charge in [0.1, 0.15) is 18.3 Å². The minimum Gasteiger partial charge on any atom is -0.790 e. The van der Waals surface area contributed by atoms with Crippen LogP contribution in [0.25, 0.3) is 0 Å². The summed E-state index contributed by atoms with van der Waals surface area (Å²) in [4.78, 5) is 20.7. The molecule has 10 heteroatoms. The minimum atomic E-state index is -5.33. The van der Waals surface area contributed by atoms with Crippen molar-refractivity contribution in [1.82, 2.24) is 0 Å². The first-order valence-electron chi connectivity index (χ1n) is 4.34. The zero-order valence-corrected chi connectivity index (χ0v) is 8.90. The Morgan fingerprint density at radius 3 is 2.38 bits per heavy atom. The molecule has 96 valence electrons. The van der Waals surface area contributed by atoms with Crippen LogP contribution in [0.3, 0.4) is 0 Å². The van der Waals surface area contributed by atoms with Crippen LogP contribution in [0.2, 0.25) is 0 Å². The highest BCUT2D eigenvalue weighted by Gasteiger charge is 2.43. The first kappa shape index (κ1) is 14.0. The van der Waals surface area contributed by atoms with Crippen LogP contribution in [-0.2, 0) is 13.8 Å².